The molecule has 0 N–H and O–H groups in total. The summed E-state index contributed by atoms with van der Waals surface area (Å²) in [7, 11) is 0. The van der Waals surface area contributed by atoms with Gasteiger partial charge in [0.1, 0.15) is 17.4 Å². The van der Waals surface area contributed by atoms with Crippen molar-refractivity contribution < 1.29 is 4.79 Å². The quantitative estimate of drug-likeness (QED) is 0.801. The molecule has 2 heterocycles. The standard InChI is InChI=1S/C18H28N4O/c1-13-19-14(2)21-18(20-13)22-11-9-16(10-12-22)17(23)15-7-5-3-4-6-8-15/h15-16H,3-12H2,1-2H3. The fourth-order valence-electron chi connectivity index (χ4n) is 4.00. The van der Waals surface area contributed by atoms with Crippen LogP contribution >= 0.6 is 0 Å². The summed E-state index contributed by atoms with van der Waals surface area (Å²) in [5, 5.41) is 0. The van der Waals surface area contributed by atoms with Gasteiger partial charge in [-0.15, -0.1) is 0 Å². The molecule has 0 unspecified atom stereocenters. The maximum atomic E-state index is 12.8. The van der Waals surface area contributed by atoms with E-state index < -0.39 is 0 Å². The van der Waals surface area contributed by atoms with Crippen LogP contribution < -0.4 is 4.90 Å². The Balaban J connectivity index is 1.58. The number of carbonyl (C=O) groups is 1. The molecule has 23 heavy (non-hydrogen) atoms. The molecule has 5 nitrogen and oxygen atoms in total. The van der Waals surface area contributed by atoms with E-state index in [4.69, 9.17) is 0 Å². The van der Waals surface area contributed by atoms with Crippen LogP contribution in [0.4, 0.5) is 5.95 Å². The van der Waals surface area contributed by atoms with Crippen molar-refractivity contribution in [2.24, 2.45) is 11.8 Å². The third-order valence-corrected chi connectivity index (χ3v) is 5.28. The van der Waals surface area contributed by atoms with E-state index in [0.717, 1.165) is 56.4 Å². The van der Waals surface area contributed by atoms with Gasteiger partial charge in [-0.2, -0.15) is 9.97 Å². The van der Waals surface area contributed by atoms with Crippen molar-refractivity contribution in [1.82, 2.24) is 15.0 Å². The topological polar surface area (TPSA) is 59.0 Å². The van der Waals surface area contributed by atoms with Gasteiger partial charge in [0, 0.05) is 24.9 Å². The Labute approximate surface area is 138 Å². The van der Waals surface area contributed by atoms with E-state index in [2.05, 4.69) is 19.9 Å². The van der Waals surface area contributed by atoms with Crippen molar-refractivity contribution >= 4 is 11.7 Å². The van der Waals surface area contributed by atoms with Gasteiger partial charge in [-0.25, -0.2) is 4.98 Å². The molecule has 0 spiro atoms. The fraction of sp³-hybridized carbons (Fsp3) is 0.778. The highest BCUT2D eigenvalue weighted by atomic mass is 16.1. The van der Waals surface area contributed by atoms with Gasteiger partial charge in [0.05, 0.1) is 0 Å². The zero-order chi connectivity index (χ0) is 16.2. The van der Waals surface area contributed by atoms with Gasteiger partial charge in [0.25, 0.3) is 0 Å². The van der Waals surface area contributed by atoms with Gasteiger partial charge >= 0.3 is 0 Å². The molecule has 2 fully saturated rings. The molecule has 2 aliphatic rings. The maximum Gasteiger partial charge on any atom is 0.228 e. The normalized spacial score (nSPS) is 21.2. The number of rotatable bonds is 3. The number of ketones is 1. The summed E-state index contributed by atoms with van der Waals surface area (Å²) in [5.41, 5.74) is 0. The van der Waals surface area contributed by atoms with Crippen LogP contribution in [0.2, 0.25) is 0 Å². The van der Waals surface area contributed by atoms with Crippen molar-refractivity contribution in [2.75, 3.05) is 18.0 Å². The zero-order valence-corrected chi connectivity index (χ0v) is 14.4. The molecule has 126 valence electrons. The second kappa shape index (κ2) is 7.37. The third kappa shape index (κ3) is 4.06. The predicted octanol–water partition coefficient (Wildman–Crippen LogP) is 3.24. The second-order valence-corrected chi connectivity index (χ2v) is 7.08. The Morgan fingerprint density at radius 3 is 1.91 bits per heavy atom. The van der Waals surface area contributed by atoms with E-state index in [1.54, 1.807) is 0 Å². The number of aryl methyl sites for hydroxylation is 2. The number of piperidine rings is 1. The maximum absolute atomic E-state index is 12.8. The van der Waals surface area contributed by atoms with Gasteiger partial charge < -0.3 is 4.90 Å². The number of hydrogen-bond acceptors (Lipinski definition) is 5. The first-order valence-electron chi connectivity index (χ1n) is 9.11. The molecule has 0 radical (unpaired) electrons. The highest BCUT2D eigenvalue weighted by Crippen LogP contribution is 2.30. The monoisotopic (exact) mass is 316 g/mol. The smallest absolute Gasteiger partial charge is 0.228 e. The lowest BCUT2D eigenvalue weighted by atomic mass is 9.82. The summed E-state index contributed by atoms with van der Waals surface area (Å²) in [4.78, 5) is 28.1. The Morgan fingerprint density at radius 1 is 0.826 bits per heavy atom. The number of Topliss-reactive ketones (excluding diaryl/α,β-unsaturated/α-hetero) is 1. The van der Waals surface area contributed by atoms with Gasteiger partial charge in [0.2, 0.25) is 5.95 Å². The number of carbonyl (C=O) groups excluding carboxylic acids is 1. The van der Waals surface area contributed by atoms with E-state index in [9.17, 15) is 4.79 Å². The molecule has 3 rings (SSSR count). The van der Waals surface area contributed by atoms with E-state index in [-0.39, 0.29) is 5.92 Å². The number of anilines is 1. The highest BCUT2D eigenvalue weighted by Gasteiger charge is 2.31. The van der Waals surface area contributed by atoms with Crippen molar-refractivity contribution in [3.63, 3.8) is 0 Å². The summed E-state index contributed by atoms with van der Waals surface area (Å²) in [6, 6.07) is 0. The Morgan fingerprint density at radius 2 is 1.35 bits per heavy atom. The Hall–Kier alpha value is -1.52. The first-order chi connectivity index (χ1) is 11.1. The largest absolute Gasteiger partial charge is 0.341 e. The molecule has 1 saturated heterocycles. The molecular formula is C18H28N4O. The molecule has 1 aliphatic heterocycles. The van der Waals surface area contributed by atoms with Crippen LogP contribution in [0.5, 0.6) is 0 Å². The highest BCUT2D eigenvalue weighted by molar-refractivity contribution is 5.83. The molecule has 1 aromatic heterocycles. The molecule has 0 atom stereocenters. The molecule has 1 saturated carbocycles. The van der Waals surface area contributed by atoms with Crippen molar-refractivity contribution in [3.05, 3.63) is 11.6 Å². The molecule has 0 aromatic carbocycles. The van der Waals surface area contributed by atoms with E-state index in [1.807, 2.05) is 13.8 Å². The lowest BCUT2D eigenvalue weighted by Gasteiger charge is -2.32. The summed E-state index contributed by atoms with van der Waals surface area (Å²) in [6.45, 7) is 5.57. The minimum absolute atomic E-state index is 0.249. The first-order valence-corrected chi connectivity index (χ1v) is 9.11. The van der Waals surface area contributed by atoms with Crippen LogP contribution in [0.15, 0.2) is 0 Å². The van der Waals surface area contributed by atoms with Crippen LogP contribution in [0, 0.1) is 25.7 Å². The molecule has 1 aliphatic carbocycles. The molecule has 0 amide bonds. The molecule has 0 bridgehead atoms. The first kappa shape index (κ1) is 16.3. The SMILES string of the molecule is Cc1nc(C)nc(N2CCC(C(=O)C3CCCCCC3)CC2)n1. The lowest BCUT2D eigenvalue weighted by Crippen LogP contribution is -2.39. The molecule has 5 heteroatoms. The van der Waals surface area contributed by atoms with Crippen LogP contribution in [-0.2, 0) is 4.79 Å². The summed E-state index contributed by atoms with van der Waals surface area (Å²) < 4.78 is 0. The summed E-state index contributed by atoms with van der Waals surface area (Å²) >= 11 is 0. The van der Waals surface area contributed by atoms with Crippen molar-refractivity contribution in [3.8, 4) is 0 Å². The minimum Gasteiger partial charge on any atom is -0.341 e. The Bertz CT molecular complexity index is 524. The summed E-state index contributed by atoms with van der Waals surface area (Å²) in [5.74, 6) is 3.42. The fourth-order valence-corrected chi connectivity index (χ4v) is 4.00. The zero-order valence-electron chi connectivity index (χ0n) is 14.4. The van der Waals surface area contributed by atoms with Crippen LogP contribution in [0.25, 0.3) is 0 Å². The minimum atomic E-state index is 0.249. The lowest BCUT2D eigenvalue weighted by molar-refractivity contribution is -0.127. The van der Waals surface area contributed by atoms with Gasteiger partial charge in [0.15, 0.2) is 0 Å². The van der Waals surface area contributed by atoms with Gasteiger partial charge in [-0.3, -0.25) is 4.79 Å². The Kier molecular flexibility index (Phi) is 5.23. The van der Waals surface area contributed by atoms with Crippen molar-refractivity contribution in [1.29, 1.82) is 0 Å². The van der Waals surface area contributed by atoms with Crippen LogP contribution in [0.1, 0.15) is 63.0 Å². The van der Waals surface area contributed by atoms with E-state index in [0.29, 0.717) is 11.7 Å². The van der Waals surface area contributed by atoms with E-state index in [1.165, 1.54) is 25.7 Å². The number of nitrogens with zero attached hydrogens (tertiary/aromatic N) is 4. The molecular weight excluding hydrogens is 288 g/mol. The average Bonchev–Trinajstić information content (AvgIpc) is 2.83. The van der Waals surface area contributed by atoms with Crippen molar-refractivity contribution in [2.45, 2.75) is 65.2 Å². The summed E-state index contributed by atoms with van der Waals surface area (Å²) in [6.07, 6.45) is 9.20. The average molecular weight is 316 g/mol. The van der Waals surface area contributed by atoms with Crippen LogP contribution in [0.3, 0.4) is 0 Å². The second-order valence-electron chi connectivity index (χ2n) is 7.08. The number of aromatic nitrogens is 3. The van der Waals surface area contributed by atoms with Crippen LogP contribution in [-0.4, -0.2) is 33.8 Å². The van der Waals surface area contributed by atoms with Gasteiger partial charge in [-0.05, 0) is 39.5 Å². The van der Waals surface area contributed by atoms with Gasteiger partial charge in [-0.1, -0.05) is 25.7 Å². The molecule has 1 aromatic rings. The predicted molar refractivity (Wildman–Crippen MR) is 90.4 cm³/mol. The van der Waals surface area contributed by atoms with E-state index >= 15 is 0 Å². The number of hydrogen-bond donors (Lipinski definition) is 0. The third-order valence-electron chi connectivity index (χ3n) is 5.28.